The molecule has 1 N–H and O–H groups in total. The normalized spacial score (nSPS) is 13.1. The second-order valence-electron chi connectivity index (χ2n) is 4.01. The Morgan fingerprint density at radius 3 is 2.39 bits per heavy atom. The van der Waals surface area contributed by atoms with Crippen molar-refractivity contribution in [2.75, 3.05) is 19.4 Å². The summed E-state index contributed by atoms with van der Waals surface area (Å²) in [4.78, 5) is 0.230. The molecule has 0 saturated heterocycles. The van der Waals surface area contributed by atoms with Crippen molar-refractivity contribution in [3.05, 3.63) is 24.3 Å². The monoisotopic (exact) mass is 267 g/mol. The minimum Gasteiger partial charge on any atom is -0.388 e. The number of nitriles is 1. The molecule has 0 aliphatic rings. The first kappa shape index (κ1) is 14.5. The van der Waals surface area contributed by atoms with E-state index < -0.39 is 10.0 Å². The number of hydrogen-bond donors (Lipinski definition) is 1. The molecule has 98 valence electrons. The van der Waals surface area contributed by atoms with Gasteiger partial charge in [0.15, 0.2) is 0 Å². The maximum atomic E-state index is 12.2. The van der Waals surface area contributed by atoms with Crippen LogP contribution in [0.4, 0.5) is 5.69 Å². The van der Waals surface area contributed by atoms with Gasteiger partial charge in [0.25, 0.3) is 0 Å². The molecular formula is C12H17N3O2S. The van der Waals surface area contributed by atoms with Gasteiger partial charge in [0.1, 0.15) is 0 Å². The first-order chi connectivity index (χ1) is 8.43. The lowest BCUT2D eigenvalue weighted by molar-refractivity contribution is 0.393. The van der Waals surface area contributed by atoms with Crippen molar-refractivity contribution >= 4 is 15.7 Å². The predicted molar refractivity (Wildman–Crippen MR) is 70.6 cm³/mol. The maximum absolute atomic E-state index is 12.2. The Kier molecular flexibility index (Phi) is 4.70. The molecule has 0 radical (unpaired) electrons. The molecule has 0 spiro atoms. The average Bonchev–Trinajstić information content (AvgIpc) is 2.38. The lowest BCUT2D eigenvalue weighted by atomic mass is 10.3. The number of hydrogen-bond acceptors (Lipinski definition) is 4. The number of benzene rings is 1. The number of nitrogens with one attached hydrogen (secondary N) is 1. The first-order valence-electron chi connectivity index (χ1n) is 5.56. The van der Waals surface area contributed by atoms with Crippen LogP contribution in [0.2, 0.25) is 0 Å². The first-order valence-corrected chi connectivity index (χ1v) is 7.00. The summed E-state index contributed by atoms with van der Waals surface area (Å²) in [6.45, 7) is 1.71. The molecule has 18 heavy (non-hydrogen) atoms. The highest BCUT2D eigenvalue weighted by Crippen LogP contribution is 2.19. The van der Waals surface area contributed by atoms with Gasteiger partial charge < -0.3 is 5.32 Å². The van der Waals surface area contributed by atoms with Crippen molar-refractivity contribution in [3.8, 4) is 6.07 Å². The Bertz CT molecular complexity index is 531. The van der Waals surface area contributed by atoms with E-state index in [1.807, 2.05) is 6.07 Å². The van der Waals surface area contributed by atoms with Crippen LogP contribution in [0.15, 0.2) is 29.2 Å². The molecule has 0 amide bonds. The summed E-state index contributed by atoms with van der Waals surface area (Å²) in [7, 11) is -0.273. The second kappa shape index (κ2) is 5.85. The standard InChI is InChI=1S/C12H17N3O2S/c1-10(8-9-13)15(3)18(16,17)12-6-4-11(14-2)5-7-12/h4-7,10,14H,8H2,1-3H3. The van der Waals surface area contributed by atoms with E-state index in [9.17, 15) is 8.42 Å². The molecule has 1 atom stereocenters. The summed E-state index contributed by atoms with van der Waals surface area (Å²) in [5.41, 5.74) is 0.849. The molecule has 0 bridgehead atoms. The fourth-order valence-corrected chi connectivity index (χ4v) is 2.82. The van der Waals surface area contributed by atoms with Crippen molar-refractivity contribution in [2.45, 2.75) is 24.3 Å². The Morgan fingerprint density at radius 2 is 1.94 bits per heavy atom. The highest BCUT2D eigenvalue weighted by Gasteiger charge is 2.24. The lowest BCUT2D eigenvalue weighted by Crippen LogP contribution is -2.34. The quantitative estimate of drug-likeness (QED) is 0.880. The number of rotatable bonds is 5. The average molecular weight is 267 g/mol. The fraction of sp³-hybridized carbons (Fsp3) is 0.417. The third kappa shape index (κ3) is 3.00. The minimum absolute atomic E-state index is 0.171. The van der Waals surface area contributed by atoms with Crippen LogP contribution in [0, 0.1) is 11.3 Å². The van der Waals surface area contributed by atoms with Gasteiger partial charge in [-0.25, -0.2) is 8.42 Å². The molecule has 1 unspecified atom stereocenters. The van der Waals surface area contributed by atoms with Crippen LogP contribution in [-0.4, -0.2) is 32.9 Å². The Morgan fingerprint density at radius 1 is 1.39 bits per heavy atom. The van der Waals surface area contributed by atoms with Gasteiger partial charge in [-0.05, 0) is 31.2 Å². The van der Waals surface area contributed by atoms with E-state index in [1.54, 1.807) is 38.2 Å². The van der Waals surface area contributed by atoms with Gasteiger partial charge >= 0.3 is 0 Å². The molecule has 0 aliphatic heterocycles. The molecule has 0 heterocycles. The van der Waals surface area contributed by atoms with E-state index in [2.05, 4.69) is 5.32 Å². The van der Waals surface area contributed by atoms with E-state index in [0.29, 0.717) is 0 Å². The third-order valence-corrected chi connectivity index (χ3v) is 4.81. The van der Waals surface area contributed by atoms with Crippen LogP contribution in [0.3, 0.4) is 0 Å². The van der Waals surface area contributed by atoms with Crippen LogP contribution >= 0.6 is 0 Å². The fourth-order valence-electron chi connectivity index (χ4n) is 1.46. The molecule has 1 aromatic rings. The van der Waals surface area contributed by atoms with Crippen LogP contribution in [0.1, 0.15) is 13.3 Å². The number of nitrogens with zero attached hydrogens (tertiary/aromatic N) is 2. The molecule has 6 heteroatoms. The van der Waals surface area contributed by atoms with Crippen LogP contribution in [-0.2, 0) is 10.0 Å². The number of sulfonamides is 1. The van der Waals surface area contributed by atoms with Gasteiger partial charge in [-0.2, -0.15) is 9.57 Å². The van der Waals surface area contributed by atoms with Gasteiger partial charge in [-0.15, -0.1) is 0 Å². The SMILES string of the molecule is CNc1ccc(S(=O)(=O)N(C)C(C)CC#N)cc1. The highest BCUT2D eigenvalue weighted by molar-refractivity contribution is 7.89. The molecule has 0 aliphatic carbocycles. The predicted octanol–water partition coefficient (Wildman–Crippen LogP) is 1.65. The summed E-state index contributed by atoms with van der Waals surface area (Å²) in [6.07, 6.45) is 0.171. The van der Waals surface area contributed by atoms with Crippen molar-refractivity contribution in [1.29, 1.82) is 5.26 Å². The Labute approximate surface area is 108 Å². The molecule has 5 nitrogen and oxygen atoms in total. The summed E-state index contributed by atoms with van der Waals surface area (Å²) >= 11 is 0. The maximum Gasteiger partial charge on any atom is 0.243 e. The van der Waals surface area contributed by atoms with Gasteiger partial charge in [0.2, 0.25) is 10.0 Å². The minimum atomic E-state index is -3.53. The van der Waals surface area contributed by atoms with Crippen molar-refractivity contribution < 1.29 is 8.42 Å². The molecular weight excluding hydrogens is 250 g/mol. The Hall–Kier alpha value is -1.58. The van der Waals surface area contributed by atoms with E-state index in [4.69, 9.17) is 5.26 Å². The van der Waals surface area contributed by atoms with Crippen molar-refractivity contribution in [2.24, 2.45) is 0 Å². The Balaban J connectivity index is 3.02. The summed E-state index contributed by atoms with van der Waals surface area (Å²) < 4.78 is 25.7. The van der Waals surface area contributed by atoms with Crippen LogP contribution < -0.4 is 5.32 Å². The van der Waals surface area contributed by atoms with Gasteiger partial charge in [-0.1, -0.05) is 0 Å². The molecule has 0 aromatic heterocycles. The zero-order valence-electron chi connectivity index (χ0n) is 10.7. The van der Waals surface area contributed by atoms with Gasteiger partial charge in [0, 0.05) is 25.8 Å². The molecule has 1 aromatic carbocycles. The van der Waals surface area contributed by atoms with Crippen LogP contribution in [0.25, 0.3) is 0 Å². The van der Waals surface area contributed by atoms with E-state index in [0.717, 1.165) is 5.69 Å². The zero-order valence-corrected chi connectivity index (χ0v) is 11.5. The van der Waals surface area contributed by atoms with E-state index >= 15 is 0 Å². The third-order valence-electron chi connectivity index (χ3n) is 2.83. The van der Waals surface area contributed by atoms with Gasteiger partial charge in [-0.3, -0.25) is 0 Å². The zero-order chi connectivity index (χ0) is 13.8. The van der Waals surface area contributed by atoms with Gasteiger partial charge in [0.05, 0.1) is 17.4 Å². The van der Waals surface area contributed by atoms with Crippen molar-refractivity contribution in [3.63, 3.8) is 0 Å². The second-order valence-corrected chi connectivity index (χ2v) is 6.00. The summed E-state index contributed by atoms with van der Waals surface area (Å²) in [5.74, 6) is 0. The summed E-state index contributed by atoms with van der Waals surface area (Å²) in [5, 5.41) is 11.5. The van der Waals surface area contributed by atoms with E-state index in [-0.39, 0.29) is 17.4 Å². The van der Waals surface area contributed by atoms with Crippen molar-refractivity contribution in [1.82, 2.24) is 4.31 Å². The van der Waals surface area contributed by atoms with Crippen LogP contribution in [0.5, 0.6) is 0 Å². The topological polar surface area (TPSA) is 73.2 Å². The number of anilines is 1. The molecule has 1 rings (SSSR count). The molecule has 0 fully saturated rings. The smallest absolute Gasteiger partial charge is 0.243 e. The lowest BCUT2D eigenvalue weighted by Gasteiger charge is -2.22. The summed E-state index contributed by atoms with van der Waals surface area (Å²) in [6, 6.07) is 8.14. The largest absolute Gasteiger partial charge is 0.388 e. The highest BCUT2D eigenvalue weighted by atomic mass is 32.2. The molecule has 0 saturated carbocycles. The van der Waals surface area contributed by atoms with E-state index in [1.165, 1.54) is 11.4 Å².